The molecule has 2 rings (SSSR count). The number of carbonyl (C=O) groups excluding carboxylic acids is 1. The zero-order chi connectivity index (χ0) is 15.3. The van der Waals surface area contributed by atoms with E-state index in [1.54, 1.807) is 0 Å². The smallest absolute Gasteiger partial charge is 0.226 e. The van der Waals surface area contributed by atoms with Gasteiger partial charge in [-0.05, 0) is 25.7 Å². The number of nitrogens with zero attached hydrogens (tertiary/aromatic N) is 2. The van der Waals surface area contributed by atoms with Crippen LogP contribution in [0.25, 0.3) is 0 Å². The maximum absolute atomic E-state index is 12.5. The highest BCUT2D eigenvalue weighted by molar-refractivity contribution is 5.82. The van der Waals surface area contributed by atoms with Crippen molar-refractivity contribution in [3.05, 3.63) is 0 Å². The molecule has 6 nitrogen and oxygen atoms in total. The van der Waals surface area contributed by atoms with Crippen LogP contribution >= 0.6 is 0 Å². The zero-order valence-electron chi connectivity index (χ0n) is 13.0. The topological polar surface area (TPSA) is 91.0 Å². The fourth-order valence-electron chi connectivity index (χ4n) is 3.41. The molecule has 1 saturated heterocycles. The molecular weight excluding hydrogens is 268 g/mol. The molecule has 1 saturated carbocycles. The van der Waals surface area contributed by atoms with Crippen LogP contribution in [0.1, 0.15) is 51.9 Å². The average Bonchev–Trinajstić information content (AvgIpc) is 2.50. The van der Waals surface area contributed by atoms with Crippen LogP contribution in [0.2, 0.25) is 0 Å². The minimum Gasteiger partial charge on any atom is -0.409 e. The van der Waals surface area contributed by atoms with E-state index in [9.17, 15) is 4.79 Å². The van der Waals surface area contributed by atoms with Gasteiger partial charge in [-0.15, -0.1) is 0 Å². The normalized spacial score (nSPS) is 24.7. The van der Waals surface area contributed by atoms with Gasteiger partial charge in [-0.1, -0.05) is 31.3 Å². The van der Waals surface area contributed by atoms with E-state index in [1.165, 1.54) is 19.3 Å². The second-order valence-corrected chi connectivity index (χ2v) is 6.74. The molecule has 21 heavy (non-hydrogen) atoms. The van der Waals surface area contributed by atoms with Crippen LogP contribution in [0, 0.1) is 5.41 Å². The molecule has 1 heterocycles. The lowest BCUT2D eigenvalue weighted by molar-refractivity contribution is -0.133. The number of carbonyl (C=O) groups is 1. The molecule has 0 aromatic heterocycles. The summed E-state index contributed by atoms with van der Waals surface area (Å²) in [5.74, 6) is 0.476. The van der Waals surface area contributed by atoms with E-state index >= 15 is 0 Å². The standard InChI is InChI=1S/C15H28N4O2/c1-15(7-3-2-4-8-15)14(20)17-12-5-9-19(10-6-12)11-13(16)18-21/h12,21H,2-11H2,1H3,(H2,16,18)(H,17,20). The van der Waals surface area contributed by atoms with Crippen molar-refractivity contribution >= 4 is 11.7 Å². The third kappa shape index (κ3) is 4.33. The van der Waals surface area contributed by atoms with Crippen molar-refractivity contribution in [1.82, 2.24) is 10.2 Å². The number of nitrogens with one attached hydrogen (secondary N) is 1. The Hall–Kier alpha value is -1.30. The summed E-state index contributed by atoms with van der Waals surface area (Å²) >= 11 is 0. The molecular formula is C15H28N4O2. The molecule has 1 aliphatic carbocycles. The number of amides is 1. The lowest BCUT2D eigenvalue weighted by Gasteiger charge is -2.36. The van der Waals surface area contributed by atoms with Gasteiger partial charge in [-0.2, -0.15) is 0 Å². The van der Waals surface area contributed by atoms with Crippen molar-refractivity contribution < 1.29 is 10.0 Å². The molecule has 120 valence electrons. The molecule has 1 aliphatic heterocycles. The van der Waals surface area contributed by atoms with Gasteiger partial charge in [0, 0.05) is 24.5 Å². The van der Waals surface area contributed by atoms with Gasteiger partial charge >= 0.3 is 0 Å². The zero-order valence-corrected chi connectivity index (χ0v) is 13.0. The minimum absolute atomic E-state index is 0.163. The summed E-state index contributed by atoms with van der Waals surface area (Å²) < 4.78 is 0. The van der Waals surface area contributed by atoms with E-state index in [4.69, 9.17) is 10.9 Å². The highest BCUT2D eigenvalue weighted by Gasteiger charge is 2.35. The van der Waals surface area contributed by atoms with Crippen molar-refractivity contribution in [2.45, 2.75) is 57.9 Å². The van der Waals surface area contributed by atoms with Crippen molar-refractivity contribution in [3.63, 3.8) is 0 Å². The molecule has 4 N–H and O–H groups in total. The Morgan fingerprint density at radius 2 is 1.95 bits per heavy atom. The van der Waals surface area contributed by atoms with Gasteiger partial charge in [-0.3, -0.25) is 9.69 Å². The quantitative estimate of drug-likeness (QED) is 0.315. The van der Waals surface area contributed by atoms with Crippen LogP contribution in [0.15, 0.2) is 5.16 Å². The lowest BCUT2D eigenvalue weighted by Crippen LogP contribution is -2.50. The third-order valence-electron chi connectivity index (χ3n) is 4.94. The number of hydrogen-bond donors (Lipinski definition) is 3. The molecule has 0 spiro atoms. The SMILES string of the molecule is CC1(C(=O)NC2CCN(CC(N)=NO)CC2)CCCCC1. The second-order valence-electron chi connectivity index (χ2n) is 6.74. The maximum atomic E-state index is 12.5. The first-order chi connectivity index (χ1) is 10.0. The second kappa shape index (κ2) is 7.11. The Bertz CT molecular complexity index is 383. The number of rotatable bonds is 4. The van der Waals surface area contributed by atoms with Crippen molar-refractivity contribution in [3.8, 4) is 0 Å². The number of piperidine rings is 1. The molecule has 0 unspecified atom stereocenters. The van der Waals surface area contributed by atoms with Crippen molar-refractivity contribution in [2.75, 3.05) is 19.6 Å². The van der Waals surface area contributed by atoms with E-state index < -0.39 is 0 Å². The van der Waals surface area contributed by atoms with E-state index in [2.05, 4.69) is 22.3 Å². The molecule has 2 fully saturated rings. The number of hydrogen-bond acceptors (Lipinski definition) is 4. The lowest BCUT2D eigenvalue weighted by atomic mass is 9.75. The number of likely N-dealkylation sites (tertiary alicyclic amines) is 1. The van der Waals surface area contributed by atoms with Gasteiger partial charge in [0.25, 0.3) is 0 Å². The van der Waals surface area contributed by atoms with Crippen LogP contribution in [0.4, 0.5) is 0 Å². The molecule has 0 aromatic carbocycles. The maximum Gasteiger partial charge on any atom is 0.226 e. The molecule has 0 aromatic rings. The van der Waals surface area contributed by atoms with E-state index in [0.29, 0.717) is 6.54 Å². The molecule has 0 atom stereocenters. The van der Waals surface area contributed by atoms with Gasteiger partial charge < -0.3 is 16.3 Å². The molecule has 2 aliphatic rings. The summed E-state index contributed by atoms with van der Waals surface area (Å²) in [5, 5.41) is 14.8. The monoisotopic (exact) mass is 296 g/mol. The van der Waals surface area contributed by atoms with Crippen LogP contribution in [0.5, 0.6) is 0 Å². The first-order valence-corrected chi connectivity index (χ1v) is 8.03. The van der Waals surface area contributed by atoms with Gasteiger partial charge in [0.05, 0.1) is 6.54 Å². The molecule has 0 bridgehead atoms. The largest absolute Gasteiger partial charge is 0.409 e. The van der Waals surface area contributed by atoms with E-state index in [1.807, 2.05) is 0 Å². The van der Waals surface area contributed by atoms with Gasteiger partial charge in [0.2, 0.25) is 5.91 Å². The molecule has 6 heteroatoms. The van der Waals surface area contributed by atoms with E-state index in [-0.39, 0.29) is 23.2 Å². The van der Waals surface area contributed by atoms with Crippen LogP contribution in [-0.2, 0) is 4.79 Å². The van der Waals surface area contributed by atoms with Gasteiger partial charge in [-0.25, -0.2) is 0 Å². The summed E-state index contributed by atoms with van der Waals surface area (Å²) in [6, 6.07) is 0.264. The Morgan fingerprint density at radius 3 is 2.52 bits per heavy atom. The van der Waals surface area contributed by atoms with Crippen molar-refractivity contribution in [2.24, 2.45) is 16.3 Å². The number of amidine groups is 1. The summed E-state index contributed by atoms with van der Waals surface area (Å²) in [6.45, 7) is 4.35. The van der Waals surface area contributed by atoms with E-state index in [0.717, 1.165) is 38.8 Å². The van der Waals surface area contributed by atoms with Crippen LogP contribution < -0.4 is 11.1 Å². The Balaban J connectivity index is 1.76. The first kappa shape index (κ1) is 16.1. The van der Waals surface area contributed by atoms with Crippen LogP contribution in [0.3, 0.4) is 0 Å². The fraction of sp³-hybridized carbons (Fsp3) is 0.867. The third-order valence-corrected chi connectivity index (χ3v) is 4.94. The average molecular weight is 296 g/mol. The molecule has 0 radical (unpaired) electrons. The first-order valence-electron chi connectivity index (χ1n) is 8.03. The summed E-state index contributed by atoms with van der Waals surface area (Å²) in [5.41, 5.74) is 5.36. The Morgan fingerprint density at radius 1 is 1.33 bits per heavy atom. The summed E-state index contributed by atoms with van der Waals surface area (Å²) in [4.78, 5) is 14.6. The highest BCUT2D eigenvalue weighted by Crippen LogP contribution is 2.36. The Kier molecular flexibility index (Phi) is 5.45. The van der Waals surface area contributed by atoms with Gasteiger partial charge in [0.15, 0.2) is 5.84 Å². The van der Waals surface area contributed by atoms with Crippen molar-refractivity contribution in [1.29, 1.82) is 0 Å². The Labute approximate surface area is 126 Å². The minimum atomic E-state index is -0.163. The molecule has 1 amide bonds. The summed E-state index contributed by atoms with van der Waals surface area (Å²) in [7, 11) is 0. The fourth-order valence-corrected chi connectivity index (χ4v) is 3.41. The van der Waals surface area contributed by atoms with Gasteiger partial charge in [0.1, 0.15) is 0 Å². The summed E-state index contributed by atoms with van der Waals surface area (Å²) in [6.07, 6.45) is 7.49. The predicted molar refractivity (Wildman–Crippen MR) is 82.2 cm³/mol. The number of oxime groups is 1. The number of nitrogens with two attached hydrogens (primary N) is 1. The van der Waals surface area contributed by atoms with Crippen LogP contribution in [-0.4, -0.2) is 47.5 Å². The highest BCUT2D eigenvalue weighted by atomic mass is 16.4. The predicted octanol–water partition coefficient (Wildman–Crippen LogP) is 1.28.